The van der Waals surface area contributed by atoms with Crippen LogP contribution in [0.15, 0.2) is 64.0 Å². The average Bonchev–Trinajstić information content (AvgIpc) is 3.44. The SMILES string of the molecule is CN(C)S(=O)(=O)c1ccc(-c2csc(NC(=O)C3CC(c4cccc(F)c4)=NO3)n2)cc1. The number of thiazole rings is 1. The minimum absolute atomic E-state index is 0.183. The number of rotatable bonds is 6. The van der Waals surface area contributed by atoms with Gasteiger partial charge in [0.1, 0.15) is 5.82 Å². The van der Waals surface area contributed by atoms with Crippen LogP contribution in [0.2, 0.25) is 0 Å². The van der Waals surface area contributed by atoms with E-state index in [0.717, 1.165) is 4.31 Å². The van der Waals surface area contributed by atoms with Crippen LogP contribution in [0.1, 0.15) is 12.0 Å². The van der Waals surface area contributed by atoms with Gasteiger partial charge in [-0.25, -0.2) is 22.1 Å². The summed E-state index contributed by atoms with van der Waals surface area (Å²) in [6.07, 6.45) is -0.619. The Bertz CT molecular complexity index is 1290. The lowest BCUT2D eigenvalue weighted by Gasteiger charge is -2.11. The number of benzene rings is 2. The molecule has 1 aliphatic rings. The highest BCUT2D eigenvalue weighted by atomic mass is 32.2. The standard InChI is InChI=1S/C21H19FN4O4S2/c1-26(2)32(28,29)16-8-6-13(7-9-16)18-12-31-21(23-18)24-20(27)19-11-17(25-30-19)14-4-3-5-15(22)10-14/h3-10,12,19H,11H2,1-2H3,(H,23,24,27). The number of aromatic nitrogens is 1. The smallest absolute Gasteiger partial charge is 0.270 e. The molecule has 4 rings (SSSR count). The first kappa shape index (κ1) is 22.1. The summed E-state index contributed by atoms with van der Waals surface area (Å²) < 4.78 is 38.9. The topological polar surface area (TPSA) is 101 Å². The van der Waals surface area contributed by atoms with E-state index in [2.05, 4.69) is 15.5 Å². The Morgan fingerprint density at radius 3 is 2.62 bits per heavy atom. The lowest BCUT2D eigenvalue weighted by atomic mass is 10.0. The van der Waals surface area contributed by atoms with Crippen molar-refractivity contribution < 1.29 is 22.4 Å². The van der Waals surface area contributed by atoms with E-state index in [-0.39, 0.29) is 17.1 Å². The Morgan fingerprint density at radius 1 is 1.19 bits per heavy atom. The molecule has 1 amide bonds. The fourth-order valence-electron chi connectivity index (χ4n) is 3.01. The number of amides is 1. The fraction of sp³-hybridized carbons (Fsp3) is 0.190. The highest BCUT2D eigenvalue weighted by Gasteiger charge is 2.29. The summed E-state index contributed by atoms with van der Waals surface area (Å²) >= 11 is 1.23. The normalized spacial score (nSPS) is 16.0. The van der Waals surface area contributed by atoms with Crippen LogP contribution in [0.4, 0.5) is 9.52 Å². The first-order valence-corrected chi connectivity index (χ1v) is 11.8. The van der Waals surface area contributed by atoms with E-state index in [0.29, 0.717) is 27.7 Å². The summed E-state index contributed by atoms with van der Waals surface area (Å²) in [7, 11) is -0.568. The minimum Gasteiger partial charge on any atom is -0.382 e. The Morgan fingerprint density at radius 2 is 1.94 bits per heavy atom. The van der Waals surface area contributed by atoms with Crippen molar-refractivity contribution in [2.45, 2.75) is 17.4 Å². The Labute approximate surface area is 188 Å². The van der Waals surface area contributed by atoms with Gasteiger partial charge in [-0.3, -0.25) is 10.1 Å². The van der Waals surface area contributed by atoms with E-state index in [1.54, 1.807) is 29.6 Å². The number of oxime groups is 1. The third kappa shape index (κ3) is 4.54. The van der Waals surface area contributed by atoms with Crippen LogP contribution in [-0.2, 0) is 19.7 Å². The van der Waals surface area contributed by atoms with Gasteiger partial charge < -0.3 is 4.84 Å². The summed E-state index contributed by atoms with van der Waals surface area (Å²) in [6, 6.07) is 12.3. The molecule has 1 aliphatic heterocycles. The molecule has 11 heteroatoms. The van der Waals surface area contributed by atoms with E-state index in [9.17, 15) is 17.6 Å². The zero-order valence-electron chi connectivity index (χ0n) is 17.1. The number of hydrogen-bond donors (Lipinski definition) is 1. The third-order valence-corrected chi connectivity index (χ3v) is 7.37. The van der Waals surface area contributed by atoms with E-state index < -0.39 is 22.0 Å². The number of anilines is 1. The zero-order chi connectivity index (χ0) is 22.9. The molecule has 1 aromatic heterocycles. The molecular formula is C21H19FN4O4S2. The second-order valence-corrected chi connectivity index (χ2v) is 10.2. The molecule has 0 radical (unpaired) electrons. The van der Waals surface area contributed by atoms with Crippen molar-refractivity contribution >= 4 is 38.1 Å². The summed E-state index contributed by atoms with van der Waals surface area (Å²) in [6.45, 7) is 0. The van der Waals surface area contributed by atoms with Crippen molar-refractivity contribution in [1.29, 1.82) is 0 Å². The van der Waals surface area contributed by atoms with Gasteiger partial charge in [-0.1, -0.05) is 29.4 Å². The first-order valence-electron chi connectivity index (χ1n) is 9.52. The van der Waals surface area contributed by atoms with Crippen molar-refractivity contribution in [3.63, 3.8) is 0 Å². The molecule has 0 spiro atoms. The maximum absolute atomic E-state index is 13.4. The minimum atomic E-state index is -3.51. The van der Waals surface area contributed by atoms with Gasteiger partial charge in [0.15, 0.2) is 5.13 Å². The summed E-state index contributed by atoms with van der Waals surface area (Å²) in [4.78, 5) is 22.3. The number of sulfonamides is 1. The number of nitrogens with one attached hydrogen (secondary N) is 1. The molecule has 8 nitrogen and oxygen atoms in total. The van der Waals surface area contributed by atoms with Crippen LogP contribution in [0.3, 0.4) is 0 Å². The van der Waals surface area contributed by atoms with Crippen LogP contribution in [0.5, 0.6) is 0 Å². The van der Waals surface area contributed by atoms with Gasteiger partial charge in [-0.15, -0.1) is 11.3 Å². The molecule has 2 aromatic carbocycles. The maximum atomic E-state index is 13.4. The van der Waals surface area contributed by atoms with Crippen molar-refractivity contribution in [3.05, 3.63) is 65.3 Å². The van der Waals surface area contributed by atoms with Gasteiger partial charge >= 0.3 is 0 Å². The quantitative estimate of drug-likeness (QED) is 0.591. The zero-order valence-corrected chi connectivity index (χ0v) is 18.8. The van der Waals surface area contributed by atoms with Crippen molar-refractivity contribution in [1.82, 2.24) is 9.29 Å². The lowest BCUT2D eigenvalue weighted by Crippen LogP contribution is -2.28. The molecule has 0 saturated carbocycles. The Kier molecular flexibility index (Phi) is 6.04. The van der Waals surface area contributed by atoms with Crippen molar-refractivity contribution in [2.75, 3.05) is 19.4 Å². The van der Waals surface area contributed by atoms with Gasteiger partial charge in [-0.05, 0) is 24.3 Å². The molecule has 0 bridgehead atoms. The number of nitrogens with zero attached hydrogens (tertiary/aromatic N) is 3. The highest BCUT2D eigenvalue weighted by molar-refractivity contribution is 7.89. The molecule has 1 unspecified atom stereocenters. The maximum Gasteiger partial charge on any atom is 0.270 e. The predicted molar refractivity (Wildman–Crippen MR) is 119 cm³/mol. The molecule has 3 aromatic rings. The van der Waals surface area contributed by atoms with Crippen LogP contribution in [0, 0.1) is 5.82 Å². The summed E-state index contributed by atoms with van der Waals surface area (Å²) in [5.74, 6) is -0.797. The molecule has 166 valence electrons. The summed E-state index contributed by atoms with van der Waals surface area (Å²) in [5, 5.41) is 8.74. The number of carbonyl (C=O) groups is 1. The number of carbonyl (C=O) groups excluding carboxylic acids is 1. The monoisotopic (exact) mass is 474 g/mol. The molecule has 1 atom stereocenters. The molecule has 0 fully saturated rings. The van der Waals surface area contributed by atoms with Gasteiger partial charge in [0.2, 0.25) is 16.1 Å². The molecule has 0 aliphatic carbocycles. The number of hydrogen-bond acceptors (Lipinski definition) is 7. The Balaban J connectivity index is 1.40. The molecule has 2 heterocycles. The fourth-order valence-corrected chi connectivity index (χ4v) is 4.64. The van der Waals surface area contributed by atoms with Crippen molar-refractivity contribution in [2.24, 2.45) is 5.16 Å². The largest absolute Gasteiger partial charge is 0.382 e. The first-order chi connectivity index (χ1) is 15.2. The number of halogens is 1. The van der Waals surface area contributed by atoms with E-state index in [1.807, 2.05) is 0 Å². The van der Waals surface area contributed by atoms with Gasteiger partial charge in [0, 0.05) is 37.0 Å². The summed E-state index contributed by atoms with van der Waals surface area (Å²) in [5.41, 5.74) is 2.38. The van der Waals surface area contributed by atoms with Gasteiger partial charge in [-0.2, -0.15) is 0 Å². The van der Waals surface area contributed by atoms with E-state index in [4.69, 9.17) is 4.84 Å². The van der Waals surface area contributed by atoms with Crippen LogP contribution >= 0.6 is 11.3 Å². The molecular weight excluding hydrogens is 455 g/mol. The molecule has 32 heavy (non-hydrogen) atoms. The van der Waals surface area contributed by atoms with Crippen molar-refractivity contribution in [3.8, 4) is 11.3 Å². The average molecular weight is 475 g/mol. The lowest BCUT2D eigenvalue weighted by molar-refractivity contribution is -0.125. The molecule has 0 saturated heterocycles. The second-order valence-electron chi connectivity index (χ2n) is 7.19. The highest BCUT2D eigenvalue weighted by Crippen LogP contribution is 2.27. The second kappa shape index (κ2) is 8.77. The van der Waals surface area contributed by atoms with Crippen LogP contribution in [0.25, 0.3) is 11.3 Å². The third-order valence-electron chi connectivity index (χ3n) is 4.78. The van der Waals surface area contributed by atoms with Gasteiger partial charge in [0.25, 0.3) is 5.91 Å². The van der Waals surface area contributed by atoms with E-state index in [1.165, 1.54) is 49.7 Å². The Hall–Kier alpha value is -3.15. The molecule has 1 N–H and O–H groups in total. The van der Waals surface area contributed by atoms with Crippen LogP contribution in [-0.4, -0.2) is 49.5 Å². The predicted octanol–water partition coefficient (Wildman–Crippen LogP) is 3.33. The van der Waals surface area contributed by atoms with E-state index >= 15 is 0 Å². The van der Waals surface area contributed by atoms with Gasteiger partial charge in [0.05, 0.1) is 16.3 Å². The van der Waals surface area contributed by atoms with Crippen LogP contribution < -0.4 is 5.32 Å².